The first kappa shape index (κ1) is 9.97. The lowest BCUT2D eigenvalue weighted by Gasteiger charge is -2.20. The zero-order chi connectivity index (χ0) is 8.97. The smallest absolute Gasteiger partial charge is 0.102 e. The van der Waals surface area contributed by atoms with Crippen molar-refractivity contribution >= 4 is 0 Å². The van der Waals surface area contributed by atoms with Crippen LogP contribution in [-0.2, 0) is 0 Å². The Kier molecular flexibility index (Phi) is 3.99. The molecule has 72 valence electrons. The highest BCUT2D eigenvalue weighted by Gasteiger charge is 2.30. The maximum atomic E-state index is 11.9. The van der Waals surface area contributed by atoms with E-state index >= 15 is 0 Å². The van der Waals surface area contributed by atoms with Gasteiger partial charge >= 0.3 is 0 Å². The Morgan fingerprint density at radius 1 is 1.42 bits per heavy atom. The molecular weight excluding hydrogens is 153 g/mol. The lowest BCUT2D eigenvalue weighted by molar-refractivity contribution is 0.334. The quantitative estimate of drug-likeness (QED) is 0.688. The van der Waals surface area contributed by atoms with Gasteiger partial charge in [0.25, 0.3) is 0 Å². The number of hydrogen-bond acceptors (Lipinski definition) is 1. The fourth-order valence-electron chi connectivity index (χ4n) is 2.35. The van der Waals surface area contributed by atoms with E-state index in [1.165, 1.54) is 19.3 Å². The van der Waals surface area contributed by atoms with Gasteiger partial charge in [0.1, 0.15) is 6.67 Å². The Hall–Kier alpha value is -0.110. The zero-order valence-electron chi connectivity index (χ0n) is 8.15. The van der Waals surface area contributed by atoms with Crippen molar-refractivity contribution in [3.05, 3.63) is 0 Å². The molecule has 0 aliphatic heterocycles. The highest BCUT2D eigenvalue weighted by molar-refractivity contribution is 4.85. The predicted octanol–water partition coefficient (Wildman–Crippen LogP) is 2.37. The standard InChI is InChI=1S/C10H20FN/c1-3-9-4-5-10(8(9)2)12-7-6-11/h8-10,12H,3-7H2,1-2H3. The fraction of sp³-hybridized carbons (Fsp3) is 1.00. The number of halogens is 1. The van der Waals surface area contributed by atoms with Gasteiger partial charge in [0, 0.05) is 12.6 Å². The molecule has 1 fully saturated rings. The van der Waals surface area contributed by atoms with E-state index in [1.54, 1.807) is 0 Å². The second-order valence-corrected chi connectivity index (χ2v) is 3.85. The predicted molar refractivity (Wildman–Crippen MR) is 49.9 cm³/mol. The summed E-state index contributed by atoms with van der Waals surface area (Å²) in [6.45, 7) is 4.83. The van der Waals surface area contributed by atoms with Gasteiger partial charge in [0.05, 0.1) is 0 Å². The van der Waals surface area contributed by atoms with Gasteiger partial charge < -0.3 is 5.32 Å². The molecule has 2 heteroatoms. The van der Waals surface area contributed by atoms with E-state index < -0.39 is 0 Å². The number of rotatable bonds is 4. The molecule has 0 saturated heterocycles. The molecule has 0 radical (unpaired) electrons. The third kappa shape index (κ3) is 2.19. The first-order chi connectivity index (χ1) is 5.79. The first-order valence-electron chi connectivity index (χ1n) is 5.09. The van der Waals surface area contributed by atoms with E-state index in [0.717, 1.165) is 11.8 Å². The van der Waals surface area contributed by atoms with Crippen LogP contribution in [0.4, 0.5) is 4.39 Å². The Bertz CT molecular complexity index is 127. The van der Waals surface area contributed by atoms with Crippen LogP contribution in [0.1, 0.15) is 33.1 Å². The van der Waals surface area contributed by atoms with Crippen molar-refractivity contribution in [2.45, 2.75) is 39.2 Å². The topological polar surface area (TPSA) is 12.0 Å². The zero-order valence-corrected chi connectivity index (χ0v) is 8.15. The third-order valence-electron chi connectivity index (χ3n) is 3.25. The van der Waals surface area contributed by atoms with Gasteiger partial charge in [-0.2, -0.15) is 0 Å². The van der Waals surface area contributed by atoms with Crippen molar-refractivity contribution < 1.29 is 4.39 Å². The minimum absolute atomic E-state index is 0.236. The summed E-state index contributed by atoms with van der Waals surface area (Å²) < 4.78 is 11.9. The number of alkyl halides is 1. The van der Waals surface area contributed by atoms with Crippen LogP contribution in [-0.4, -0.2) is 19.3 Å². The van der Waals surface area contributed by atoms with Crippen LogP contribution in [0, 0.1) is 11.8 Å². The Morgan fingerprint density at radius 3 is 2.67 bits per heavy atom. The summed E-state index contributed by atoms with van der Waals surface area (Å²) in [5.74, 6) is 1.60. The van der Waals surface area contributed by atoms with Gasteiger partial charge in [0.15, 0.2) is 0 Å². The lowest BCUT2D eigenvalue weighted by atomic mass is 9.93. The highest BCUT2D eigenvalue weighted by atomic mass is 19.1. The molecule has 1 rings (SSSR count). The van der Waals surface area contributed by atoms with E-state index in [1.807, 2.05) is 0 Å². The van der Waals surface area contributed by atoms with Crippen LogP contribution in [0.15, 0.2) is 0 Å². The summed E-state index contributed by atoms with van der Waals surface area (Å²) in [6.07, 6.45) is 3.83. The summed E-state index contributed by atoms with van der Waals surface area (Å²) >= 11 is 0. The molecule has 0 aromatic rings. The Morgan fingerprint density at radius 2 is 2.17 bits per heavy atom. The number of nitrogens with one attached hydrogen (secondary N) is 1. The van der Waals surface area contributed by atoms with Gasteiger partial charge in [-0.25, -0.2) is 4.39 Å². The number of hydrogen-bond donors (Lipinski definition) is 1. The van der Waals surface area contributed by atoms with Crippen LogP contribution < -0.4 is 5.32 Å². The summed E-state index contributed by atoms with van der Waals surface area (Å²) in [5.41, 5.74) is 0. The lowest BCUT2D eigenvalue weighted by Crippen LogP contribution is -2.34. The van der Waals surface area contributed by atoms with Crippen molar-refractivity contribution in [1.82, 2.24) is 5.32 Å². The highest BCUT2D eigenvalue weighted by Crippen LogP contribution is 2.33. The maximum absolute atomic E-state index is 11.9. The molecule has 12 heavy (non-hydrogen) atoms. The van der Waals surface area contributed by atoms with Crippen molar-refractivity contribution in [2.75, 3.05) is 13.2 Å². The van der Waals surface area contributed by atoms with Crippen molar-refractivity contribution in [3.63, 3.8) is 0 Å². The Balaban J connectivity index is 2.28. The molecule has 0 aromatic carbocycles. The molecule has 1 nitrogen and oxygen atoms in total. The van der Waals surface area contributed by atoms with Gasteiger partial charge in [-0.05, 0) is 24.7 Å². The fourth-order valence-corrected chi connectivity index (χ4v) is 2.35. The van der Waals surface area contributed by atoms with Crippen molar-refractivity contribution in [2.24, 2.45) is 11.8 Å². The molecule has 0 aromatic heterocycles. The van der Waals surface area contributed by atoms with E-state index in [0.29, 0.717) is 12.6 Å². The van der Waals surface area contributed by atoms with Crippen LogP contribution in [0.5, 0.6) is 0 Å². The van der Waals surface area contributed by atoms with Crippen LogP contribution in [0.3, 0.4) is 0 Å². The largest absolute Gasteiger partial charge is 0.311 e. The molecule has 0 amide bonds. The second-order valence-electron chi connectivity index (χ2n) is 3.85. The average Bonchev–Trinajstić information content (AvgIpc) is 2.43. The van der Waals surface area contributed by atoms with Gasteiger partial charge in [-0.3, -0.25) is 0 Å². The van der Waals surface area contributed by atoms with Gasteiger partial charge in [-0.1, -0.05) is 20.3 Å². The first-order valence-corrected chi connectivity index (χ1v) is 5.09. The van der Waals surface area contributed by atoms with E-state index in [4.69, 9.17) is 0 Å². The monoisotopic (exact) mass is 173 g/mol. The van der Waals surface area contributed by atoms with E-state index in [2.05, 4.69) is 19.2 Å². The minimum Gasteiger partial charge on any atom is -0.311 e. The second kappa shape index (κ2) is 4.80. The summed E-state index contributed by atoms with van der Waals surface area (Å²) in [6, 6.07) is 0.575. The molecule has 1 saturated carbocycles. The molecule has 3 atom stereocenters. The summed E-state index contributed by atoms with van der Waals surface area (Å²) in [7, 11) is 0. The van der Waals surface area contributed by atoms with Gasteiger partial charge in [-0.15, -0.1) is 0 Å². The molecule has 1 aliphatic carbocycles. The molecule has 0 bridgehead atoms. The SMILES string of the molecule is CCC1CCC(NCCF)C1C. The normalized spacial score (nSPS) is 35.8. The van der Waals surface area contributed by atoms with Crippen molar-refractivity contribution in [3.8, 4) is 0 Å². The van der Waals surface area contributed by atoms with E-state index in [9.17, 15) is 4.39 Å². The third-order valence-corrected chi connectivity index (χ3v) is 3.25. The molecule has 0 spiro atoms. The van der Waals surface area contributed by atoms with E-state index in [-0.39, 0.29) is 6.67 Å². The maximum Gasteiger partial charge on any atom is 0.102 e. The van der Waals surface area contributed by atoms with Gasteiger partial charge in [0.2, 0.25) is 0 Å². The minimum atomic E-state index is -0.236. The summed E-state index contributed by atoms with van der Waals surface area (Å²) in [4.78, 5) is 0. The molecular formula is C10H20FN. The molecule has 1 aliphatic rings. The van der Waals surface area contributed by atoms with Crippen LogP contribution in [0.2, 0.25) is 0 Å². The van der Waals surface area contributed by atoms with Crippen LogP contribution in [0.25, 0.3) is 0 Å². The average molecular weight is 173 g/mol. The molecule has 3 unspecified atom stereocenters. The Labute approximate surface area is 74.7 Å². The molecule has 0 heterocycles. The van der Waals surface area contributed by atoms with Crippen LogP contribution >= 0.6 is 0 Å². The summed E-state index contributed by atoms with van der Waals surface area (Å²) in [5, 5.41) is 3.27. The van der Waals surface area contributed by atoms with Crippen molar-refractivity contribution in [1.29, 1.82) is 0 Å². The molecule has 1 N–H and O–H groups in total.